The summed E-state index contributed by atoms with van der Waals surface area (Å²) < 4.78 is 4.92. The summed E-state index contributed by atoms with van der Waals surface area (Å²) in [6.07, 6.45) is 6.24. The van der Waals surface area contributed by atoms with Crippen LogP contribution in [0.25, 0.3) is 0 Å². The number of nitrogens with zero attached hydrogens (tertiary/aromatic N) is 4. The molecule has 0 saturated carbocycles. The van der Waals surface area contributed by atoms with Crippen molar-refractivity contribution in [3.8, 4) is 5.88 Å². The smallest absolute Gasteiger partial charge is 0.235 e. The Morgan fingerprint density at radius 2 is 1.19 bits per heavy atom. The third kappa shape index (κ3) is 17.1. The number of nitrogens with one attached hydrogen (secondary N) is 3. The zero-order valence-corrected chi connectivity index (χ0v) is 33.5. The molecular formula is C34H62N7OW-. The van der Waals surface area contributed by atoms with Crippen molar-refractivity contribution in [2.24, 2.45) is 0 Å². The largest absolute Gasteiger partial charge is 0.480 e. The molecule has 8 nitrogen and oxygen atoms in total. The standard InChI is InChI=1S/C9H12N.C7H12N2.C6H10N2O.C6H10N2.3C2H6.W/c1-7-5-8(2)9(3)10(4)6-7;1-4-7-5(2)6(3)8-9-7;1-4-5(2)7-8-6(4)9-3;1-4-5(2)7-8-6(4)3;3*1-2;/h5H,3H2,1-2,4H3;4H2,1-3H3,(H,8,9);1-3H3,(H,7,8);1-3H3,(H,7,8);3*1-2H3;/q-1;;;;;;;. The quantitative estimate of drug-likeness (QED) is 0.226. The average Bonchev–Trinajstić information content (AvgIpc) is 3.62. The molecule has 9 heteroatoms. The number of aryl methyl sites for hydroxylation is 5. The Morgan fingerprint density at radius 1 is 0.744 bits per heavy atom. The van der Waals surface area contributed by atoms with E-state index in [0.29, 0.717) is 5.88 Å². The number of hydrogen-bond donors (Lipinski definition) is 3. The van der Waals surface area contributed by atoms with E-state index < -0.39 is 0 Å². The fraction of sp³-hybridized carbons (Fsp3) is 0.559. The van der Waals surface area contributed by atoms with E-state index in [0.717, 1.165) is 34.6 Å². The van der Waals surface area contributed by atoms with Gasteiger partial charge in [0.25, 0.3) is 0 Å². The van der Waals surface area contributed by atoms with Crippen LogP contribution >= 0.6 is 0 Å². The molecule has 1 aliphatic heterocycles. The van der Waals surface area contributed by atoms with Crippen molar-refractivity contribution >= 4 is 0 Å². The van der Waals surface area contributed by atoms with Gasteiger partial charge >= 0.3 is 0 Å². The van der Waals surface area contributed by atoms with E-state index in [2.05, 4.69) is 77.1 Å². The third-order valence-corrected chi connectivity index (χ3v) is 6.22. The van der Waals surface area contributed by atoms with Crippen LogP contribution in [-0.2, 0) is 27.5 Å². The number of ether oxygens (including phenoxy) is 1. The molecule has 4 rings (SSSR count). The number of allylic oxidation sites excluding steroid dienone is 3. The number of likely N-dealkylation sites (N-methyl/N-ethyl adjacent to an activating group) is 1. The number of aromatic nitrogens is 6. The topological polar surface area (TPSA) is 98.5 Å². The molecule has 0 radical (unpaired) electrons. The van der Waals surface area contributed by atoms with Gasteiger partial charge in [-0.05, 0) is 73.1 Å². The molecule has 0 saturated heterocycles. The second kappa shape index (κ2) is 26.7. The fourth-order valence-corrected chi connectivity index (χ4v) is 3.18. The fourth-order valence-electron chi connectivity index (χ4n) is 3.18. The summed E-state index contributed by atoms with van der Waals surface area (Å²) in [7, 11) is 3.57. The summed E-state index contributed by atoms with van der Waals surface area (Å²) in [6, 6.07) is 0. The summed E-state index contributed by atoms with van der Waals surface area (Å²) in [6.45, 7) is 36.3. The molecule has 246 valence electrons. The van der Waals surface area contributed by atoms with Crippen LogP contribution < -0.4 is 4.74 Å². The van der Waals surface area contributed by atoms with E-state index in [9.17, 15) is 0 Å². The van der Waals surface area contributed by atoms with Crippen molar-refractivity contribution in [1.29, 1.82) is 0 Å². The van der Waals surface area contributed by atoms with Gasteiger partial charge in [-0.25, -0.2) is 0 Å². The molecule has 0 amide bonds. The zero-order valence-electron chi connectivity index (χ0n) is 30.6. The van der Waals surface area contributed by atoms with Gasteiger partial charge < -0.3 is 9.64 Å². The monoisotopic (exact) mass is 768 g/mol. The van der Waals surface area contributed by atoms with Crippen LogP contribution in [0.5, 0.6) is 5.88 Å². The first-order valence-electron chi connectivity index (χ1n) is 15.1. The van der Waals surface area contributed by atoms with Crippen LogP contribution in [0.3, 0.4) is 0 Å². The maximum absolute atomic E-state index is 4.92. The first kappa shape index (κ1) is 47.1. The van der Waals surface area contributed by atoms with Crippen molar-refractivity contribution in [3.63, 3.8) is 0 Å². The molecule has 0 spiro atoms. The third-order valence-electron chi connectivity index (χ3n) is 6.22. The first-order chi connectivity index (χ1) is 19.8. The predicted molar refractivity (Wildman–Crippen MR) is 182 cm³/mol. The van der Waals surface area contributed by atoms with Crippen molar-refractivity contribution in [2.75, 3.05) is 14.2 Å². The maximum Gasteiger partial charge on any atom is 0.235 e. The summed E-state index contributed by atoms with van der Waals surface area (Å²) >= 11 is 0. The van der Waals surface area contributed by atoms with Crippen LogP contribution in [-0.4, -0.2) is 49.6 Å². The van der Waals surface area contributed by atoms with Crippen LogP contribution in [0.1, 0.15) is 107 Å². The molecule has 43 heavy (non-hydrogen) atoms. The Hall–Kier alpha value is -2.86. The van der Waals surface area contributed by atoms with Crippen LogP contribution in [0.2, 0.25) is 0 Å². The SMILES string of the molecule is C=C1C(C)=CC(C)=[C-]N1C.CC.CC.CC.CCc1n[nH]c(C)c1C.COc1n[nH]c(C)c1C.Cc1n[nH]c(C)c1C.[W]. The van der Waals surface area contributed by atoms with Gasteiger partial charge in [0.2, 0.25) is 5.88 Å². The summed E-state index contributed by atoms with van der Waals surface area (Å²) in [5, 5.41) is 20.6. The van der Waals surface area contributed by atoms with E-state index in [1.54, 1.807) is 7.11 Å². The molecule has 0 unspecified atom stereocenters. The van der Waals surface area contributed by atoms with Crippen LogP contribution in [0.15, 0.2) is 29.5 Å². The van der Waals surface area contributed by atoms with Crippen molar-refractivity contribution in [2.45, 2.75) is 117 Å². The second-order valence-corrected chi connectivity index (χ2v) is 8.94. The molecule has 0 fully saturated rings. The van der Waals surface area contributed by atoms with Gasteiger partial charge in [0, 0.05) is 43.7 Å². The Balaban J connectivity index is -0.000000221. The van der Waals surface area contributed by atoms with E-state index in [1.807, 2.05) is 95.0 Å². The van der Waals surface area contributed by atoms with Gasteiger partial charge in [0.1, 0.15) is 0 Å². The minimum atomic E-state index is 0. The molecule has 1 aliphatic rings. The van der Waals surface area contributed by atoms with Gasteiger partial charge in [-0.1, -0.05) is 68.0 Å². The van der Waals surface area contributed by atoms with E-state index >= 15 is 0 Å². The Kier molecular flexibility index (Phi) is 29.3. The van der Waals surface area contributed by atoms with E-state index in [4.69, 9.17) is 4.74 Å². The summed E-state index contributed by atoms with van der Waals surface area (Å²) in [5.74, 6) is 0.688. The number of methoxy groups -OCH3 is 1. The molecular weight excluding hydrogens is 706 g/mol. The molecule has 3 N–H and O–H groups in total. The summed E-state index contributed by atoms with van der Waals surface area (Å²) in [4.78, 5) is 1.92. The predicted octanol–water partition coefficient (Wildman–Crippen LogP) is 9.13. The van der Waals surface area contributed by atoms with Crippen LogP contribution in [0.4, 0.5) is 0 Å². The molecule has 0 aliphatic carbocycles. The molecule has 3 aromatic rings. The Bertz CT molecular complexity index is 1130. The molecule has 0 bridgehead atoms. The number of aromatic amines is 3. The average molecular weight is 769 g/mol. The van der Waals surface area contributed by atoms with Gasteiger partial charge in [0.05, 0.1) is 18.5 Å². The molecule has 0 aromatic carbocycles. The molecule has 4 heterocycles. The number of rotatable bonds is 2. The zero-order chi connectivity index (χ0) is 33.6. The number of H-pyrrole nitrogens is 3. The van der Waals surface area contributed by atoms with E-state index in [-0.39, 0.29) is 21.1 Å². The Morgan fingerprint density at radius 3 is 1.42 bits per heavy atom. The van der Waals surface area contributed by atoms with Gasteiger partial charge in [0.15, 0.2) is 0 Å². The molecule has 3 aromatic heterocycles. The van der Waals surface area contributed by atoms with Crippen molar-refractivity contribution in [3.05, 3.63) is 80.9 Å². The number of hydrogen-bond acceptors (Lipinski definition) is 5. The minimum Gasteiger partial charge on any atom is -0.480 e. The van der Waals surface area contributed by atoms with Crippen molar-refractivity contribution < 1.29 is 25.8 Å². The minimum absolute atomic E-state index is 0. The van der Waals surface area contributed by atoms with E-state index in [1.165, 1.54) is 33.8 Å². The van der Waals surface area contributed by atoms with Crippen molar-refractivity contribution in [1.82, 2.24) is 35.5 Å². The van der Waals surface area contributed by atoms with Crippen LogP contribution in [0, 0.1) is 54.7 Å². The van der Waals surface area contributed by atoms with Gasteiger partial charge in [-0.15, -0.1) is 29.0 Å². The Labute approximate surface area is 278 Å². The second-order valence-electron chi connectivity index (χ2n) is 8.94. The first-order valence-corrected chi connectivity index (χ1v) is 15.1. The molecule has 0 atom stereocenters. The normalized spacial score (nSPS) is 10.7. The summed E-state index contributed by atoms with van der Waals surface area (Å²) in [5.41, 5.74) is 12.8. The van der Waals surface area contributed by atoms with Gasteiger partial charge in [-0.2, -0.15) is 16.3 Å². The maximum atomic E-state index is 4.92. The van der Waals surface area contributed by atoms with Gasteiger partial charge in [-0.3, -0.25) is 15.3 Å².